The van der Waals surface area contributed by atoms with Gasteiger partial charge in [-0.05, 0) is 56.2 Å². The van der Waals surface area contributed by atoms with Gasteiger partial charge in [-0.15, -0.1) is 18.3 Å². The van der Waals surface area contributed by atoms with Crippen LogP contribution < -0.4 is 0 Å². The fraction of sp³-hybridized carbons (Fsp3) is 0.486. The van der Waals surface area contributed by atoms with Gasteiger partial charge in [0.1, 0.15) is 23.8 Å². The zero-order valence-corrected chi connectivity index (χ0v) is 27.7. The molecule has 48 heavy (non-hydrogen) atoms. The van der Waals surface area contributed by atoms with Crippen molar-refractivity contribution < 1.29 is 24.2 Å². The van der Waals surface area contributed by atoms with Crippen LogP contribution in [0.1, 0.15) is 51.0 Å². The Labute approximate surface area is 281 Å². The first-order valence-electron chi connectivity index (χ1n) is 17.1. The summed E-state index contributed by atoms with van der Waals surface area (Å²) in [6.07, 6.45) is 6.91. The molecule has 11 nitrogen and oxygen atoms in total. The highest BCUT2D eigenvalue weighted by atomic mass is 16.5. The Balaban J connectivity index is 1.38. The van der Waals surface area contributed by atoms with Crippen LogP contribution in [0.2, 0.25) is 0 Å². The number of amides is 3. The summed E-state index contributed by atoms with van der Waals surface area (Å²) in [6, 6.07) is 16.4. The van der Waals surface area contributed by atoms with E-state index in [1.807, 2.05) is 61.5 Å². The third-order valence-corrected chi connectivity index (χ3v) is 10.5. The molecule has 2 bridgehead atoms. The Morgan fingerprint density at radius 1 is 1.00 bits per heavy atom. The fourth-order valence-electron chi connectivity index (χ4n) is 8.30. The van der Waals surface area contributed by atoms with E-state index in [0.717, 1.165) is 11.1 Å². The largest absolute Gasteiger partial charge is 0.396 e. The Bertz CT molecular complexity index is 1660. The van der Waals surface area contributed by atoms with Crippen molar-refractivity contribution in [2.24, 2.45) is 11.8 Å². The molecule has 3 amide bonds. The van der Waals surface area contributed by atoms with Crippen molar-refractivity contribution in [1.29, 1.82) is 0 Å². The van der Waals surface area contributed by atoms with Gasteiger partial charge in [0.25, 0.3) is 0 Å². The number of likely N-dealkylation sites (tertiary alicyclic amines) is 1. The van der Waals surface area contributed by atoms with Crippen LogP contribution in [0.4, 0.5) is 0 Å². The number of para-hydroxylation sites is 1. The van der Waals surface area contributed by atoms with Crippen molar-refractivity contribution >= 4 is 28.8 Å². The minimum Gasteiger partial charge on any atom is -0.396 e. The first kappa shape index (κ1) is 33.5. The lowest BCUT2D eigenvalue weighted by Crippen LogP contribution is -2.56. The summed E-state index contributed by atoms with van der Waals surface area (Å²) in [5.74, 6) is -2.16. The summed E-state index contributed by atoms with van der Waals surface area (Å²) < 4.78 is 8.72. The van der Waals surface area contributed by atoms with Crippen molar-refractivity contribution in [3.05, 3.63) is 85.5 Å². The summed E-state index contributed by atoms with van der Waals surface area (Å²) in [5, 5.41) is 18.0. The van der Waals surface area contributed by atoms with Crippen LogP contribution in [0, 0.1) is 11.8 Å². The monoisotopic (exact) mass is 654 g/mol. The average molecular weight is 655 g/mol. The molecule has 11 heteroatoms. The number of ether oxygens (including phenoxy) is 1. The number of fused-ring (bicyclic) bond motifs is 2. The Kier molecular flexibility index (Phi) is 9.80. The van der Waals surface area contributed by atoms with E-state index in [2.05, 4.69) is 23.5 Å². The average Bonchev–Trinajstić information content (AvgIpc) is 3.83. The van der Waals surface area contributed by atoms with E-state index in [-0.39, 0.29) is 37.5 Å². The Morgan fingerprint density at radius 2 is 1.73 bits per heavy atom. The molecule has 3 fully saturated rings. The van der Waals surface area contributed by atoms with Crippen LogP contribution in [0.15, 0.2) is 79.9 Å². The molecule has 6 rings (SSSR count). The summed E-state index contributed by atoms with van der Waals surface area (Å²) >= 11 is 0. The zero-order chi connectivity index (χ0) is 33.9. The van der Waals surface area contributed by atoms with Gasteiger partial charge in [-0.3, -0.25) is 14.4 Å². The summed E-state index contributed by atoms with van der Waals surface area (Å²) in [4.78, 5) is 49.4. The van der Waals surface area contributed by atoms with Gasteiger partial charge in [0, 0.05) is 32.8 Å². The van der Waals surface area contributed by atoms with E-state index in [4.69, 9.17) is 4.74 Å². The van der Waals surface area contributed by atoms with Crippen LogP contribution in [0.25, 0.3) is 11.0 Å². The molecule has 0 radical (unpaired) electrons. The number of aliphatic hydroxyl groups is 1. The number of hydrogen-bond donors (Lipinski definition) is 1. The number of carbonyl (C=O) groups excluding carboxylic acids is 3. The summed E-state index contributed by atoms with van der Waals surface area (Å²) in [5.41, 5.74) is 0.465. The van der Waals surface area contributed by atoms with E-state index >= 15 is 0 Å². The number of carbonyl (C=O) groups is 3. The highest BCUT2D eigenvalue weighted by Gasteiger charge is 2.79. The molecule has 254 valence electrons. The Morgan fingerprint density at radius 3 is 2.46 bits per heavy atom. The normalized spacial score (nSPS) is 25.8. The number of benzene rings is 2. The predicted molar refractivity (Wildman–Crippen MR) is 181 cm³/mol. The van der Waals surface area contributed by atoms with E-state index in [9.17, 15) is 19.5 Å². The summed E-state index contributed by atoms with van der Waals surface area (Å²) in [7, 11) is 0. The second-order valence-electron chi connectivity index (χ2n) is 13.2. The van der Waals surface area contributed by atoms with Gasteiger partial charge < -0.3 is 24.5 Å². The van der Waals surface area contributed by atoms with Crippen molar-refractivity contribution in [3.63, 3.8) is 0 Å². The van der Waals surface area contributed by atoms with E-state index < -0.39 is 29.1 Å². The third-order valence-electron chi connectivity index (χ3n) is 10.5. The lowest BCUT2D eigenvalue weighted by atomic mass is 9.64. The number of aliphatic hydroxyl groups excluding tert-OH is 1. The first-order valence-corrected chi connectivity index (χ1v) is 17.1. The molecule has 3 saturated heterocycles. The molecule has 2 aromatic carbocycles. The number of rotatable bonds is 16. The van der Waals surface area contributed by atoms with Gasteiger partial charge in [-0.25, -0.2) is 4.68 Å². The standard InChI is InChI=1S/C37H46N6O5/c1-4-21-40(25-27-15-9-7-10-16-27)33(45)30-31-34(46)42(23-13-8-14-24-44)32(37(31)20-19-36(30,6-3)48-37)35(47)41(22-5-2)26-43-29-18-12-11-17-28(29)38-39-43/h4-5,7,9-12,15-18,30-32,44H,1-2,6,8,13-14,19-26H2,3H3/t30-,31-,32?,36+,37?/m0/s1. The SMILES string of the molecule is C=CCN(Cn1nnc2ccccc21)C(=O)C1N(CCCCCO)C(=O)[C@@H]2[C@@H](C(=O)N(CC=C)Cc3ccccc3)[C@@]3(CC)CCC12O3. The molecule has 3 aliphatic heterocycles. The van der Waals surface area contributed by atoms with Crippen LogP contribution >= 0.6 is 0 Å². The number of hydrogen-bond acceptors (Lipinski definition) is 7. The minimum absolute atomic E-state index is 0.0566. The van der Waals surface area contributed by atoms with Crippen LogP contribution in [-0.2, 0) is 32.3 Å². The second kappa shape index (κ2) is 14.0. The minimum atomic E-state index is -1.15. The molecule has 0 saturated carbocycles. The number of aromatic nitrogens is 3. The van der Waals surface area contributed by atoms with Crippen molar-refractivity contribution in [2.45, 2.75) is 75.9 Å². The number of nitrogens with zero attached hydrogens (tertiary/aromatic N) is 6. The quantitative estimate of drug-likeness (QED) is 0.184. The molecule has 1 aromatic heterocycles. The Hall–Kier alpha value is -4.35. The topological polar surface area (TPSA) is 121 Å². The van der Waals surface area contributed by atoms with Gasteiger partial charge in [0.2, 0.25) is 17.7 Å². The predicted octanol–water partition coefficient (Wildman–Crippen LogP) is 3.94. The third kappa shape index (κ3) is 5.72. The molecule has 2 unspecified atom stereocenters. The molecule has 3 aliphatic rings. The highest BCUT2D eigenvalue weighted by molar-refractivity contribution is 5.99. The van der Waals surface area contributed by atoms with Gasteiger partial charge in [-0.2, -0.15) is 0 Å². The molecule has 1 spiro atoms. The summed E-state index contributed by atoms with van der Waals surface area (Å²) in [6.45, 7) is 11.2. The lowest BCUT2D eigenvalue weighted by Gasteiger charge is -2.37. The highest BCUT2D eigenvalue weighted by Crippen LogP contribution is 2.64. The smallest absolute Gasteiger partial charge is 0.250 e. The van der Waals surface area contributed by atoms with Gasteiger partial charge in [-0.1, -0.05) is 66.8 Å². The van der Waals surface area contributed by atoms with Crippen LogP contribution in [-0.4, -0.2) is 96.0 Å². The molecule has 5 atom stereocenters. The van der Waals surface area contributed by atoms with E-state index in [0.29, 0.717) is 63.7 Å². The molecule has 4 heterocycles. The maximum atomic E-state index is 14.9. The molecular weight excluding hydrogens is 608 g/mol. The zero-order valence-electron chi connectivity index (χ0n) is 27.7. The first-order chi connectivity index (χ1) is 23.3. The van der Waals surface area contributed by atoms with Crippen molar-refractivity contribution in [2.75, 3.05) is 26.2 Å². The van der Waals surface area contributed by atoms with E-state index in [1.54, 1.807) is 31.5 Å². The molecule has 3 aromatic rings. The van der Waals surface area contributed by atoms with Gasteiger partial charge in [0.05, 0.1) is 23.0 Å². The molecule has 0 aliphatic carbocycles. The van der Waals surface area contributed by atoms with Crippen LogP contribution in [0.5, 0.6) is 0 Å². The van der Waals surface area contributed by atoms with Crippen molar-refractivity contribution in [1.82, 2.24) is 29.7 Å². The van der Waals surface area contributed by atoms with Gasteiger partial charge in [0.15, 0.2) is 0 Å². The lowest BCUT2D eigenvalue weighted by molar-refractivity contribution is -0.156. The molecular formula is C37H46N6O5. The maximum Gasteiger partial charge on any atom is 0.250 e. The van der Waals surface area contributed by atoms with Crippen LogP contribution in [0.3, 0.4) is 0 Å². The molecule has 1 N–H and O–H groups in total. The number of unbranched alkanes of at least 4 members (excludes halogenated alkanes) is 2. The maximum absolute atomic E-state index is 14.9. The van der Waals surface area contributed by atoms with Gasteiger partial charge >= 0.3 is 0 Å². The van der Waals surface area contributed by atoms with Crippen molar-refractivity contribution in [3.8, 4) is 0 Å². The van der Waals surface area contributed by atoms with E-state index in [1.165, 1.54) is 0 Å². The second-order valence-corrected chi connectivity index (χ2v) is 13.2. The fourth-order valence-corrected chi connectivity index (χ4v) is 8.30.